The van der Waals surface area contributed by atoms with Crippen molar-refractivity contribution in [2.24, 2.45) is 11.3 Å². The van der Waals surface area contributed by atoms with Crippen LogP contribution in [-0.2, 0) is 9.53 Å². The predicted octanol–water partition coefficient (Wildman–Crippen LogP) is 2.32. The number of ether oxygens (including phenoxy) is 1. The maximum Gasteiger partial charge on any atom is 0.319 e. The van der Waals surface area contributed by atoms with Crippen molar-refractivity contribution in [3.8, 4) is 0 Å². The first-order chi connectivity index (χ1) is 13.1. The Kier molecular flexibility index (Phi) is 5.31. The van der Waals surface area contributed by atoms with E-state index in [2.05, 4.69) is 21.3 Å². The Morgan fingerprint density at radius 1 is 1.11 bits per heavy atom. The minimum absolute atomic E-state index is 0.118. The number of nitrogens with one attached hydrogen (secondary N) is 4. The number of carbonyl (C=O) groups excluding carboxylic acids is 2. The van der Waals surface area contributed by atoms with E-state index in [4.69, 9.17) is 4.74 Å². The molecule has 27 heavy (non-hydrogen) atoms. The molecule has 2 saturated heterocycles. The van der Waals surface area contributed by atoms with Gasteiger partial charge in [0.1, 0.15) is 0 Å². The zero-order valence-corrected chi connectivity index (χ0v) is 15.6. The van der Waals surface area contributed by atoms with Crippen molar-refractivity contribution in [3.63, 3.8) is 0 Å². The lowest BCUT2D eigenvalue weighted by Crippen LogP contribution is -2.35. The topological polar surface area (TPSA) is 91.5 Å². The van der Waals surface area contributed by atoms with E-state index in [0.29, 0.717) is 12.2 Å². The van der Waals surface area contributed by atoms with Crippen LogP contribution in [0.15, 0.2) is 24.3 Å². The number of anilines is 2. The van der Waals surface area contributed by atoms with Crippen molar-refractivity contribution < 1.29 is 14.3 Å². The lowest BCUT2D eigenvalue weighted by Gasteiger charge is -2.23. The summed E-state index contributed by atoms with van der Waals surface area (Å²) >= 11 is 0. The van der Waals surface area contributed by atoms with Crippen LogP contribution in [0.3, 0.4) is 0 Å². The summed E-state index contributed by atoms with van der Waals surface area (Å²) in [4.78, 5) is 24.4. The standard InChI is InChI=1S/C20H28N4O3/c25-18(17-12-20(17)7-9-21-10-8-20)23-14-3-5-15(6-4-14)24-19(26)22-13-16-2-1-11-27-16/h3-6,16-17,21H,1-2,7-13H2,(H,23,25)(H2,22,24,26). The smallest absolute Gasteiger partial charge is 0.319 e. The highest BCUT2D eigenvalue weighted by atomic mass is 16.5. The molecular formula is C20H28N4O3. The fraction of sp³-hybridized carbons (Fsp3) is 0.600. The van der Waals surface area contributed by atoms with Crippen LogP contribution in [0.1, 0.15) is 32.1 Å². The van der Waals surface area contributed by atoms with Crippen LogP contribution in [0.25, 0.3) is 0 Å². The van der Waals surface area contributed by atoms with Gasteiger partial charge in [0, 0.05) is 30.4 Å². The van der Waals surface area contributed by atoms with Crippen LogP contribution in [0.5, 0.6) is 0 Å². The van der Waals surface area contributed by atoms with Crippen LogP contribution in [0.2, 0.25) is 0 Å². The zero-order chi connectivity index (χ0) is 18.7. The van der Waals surface area contributed by atoms with E-state index in [0.717, 1.165) is 57.5 Å². The molecule has 146 valence electrons. The van der Waals surface area contributed by atoms with E-state index in [-0.39, 0.29) is 29.4 Å². The molecule has 7 nitrogen and oxygen atoms in total. The van der Waals surface area contributed by atoms with Crippen molar-refractivity contribution in [1.29, 1.82) is 0 Å². The van der Waals surface area contributed by atoms with Crippen LogP contribution >= 0.6 is 0 Å². The molecule has 2 aliphatic heterocycles. The lowest BCUT2D eigenvalue weighted by atomic mass is 9.92. The van der Waals surface area contributed by atoms with Gasteiger partial charge in [-0.05, 0) is 74.9 Å². The van der Waals surface area contributed by atoms with Gasteiger partial charge in [-0.1, -0.05) is 0 Å². The molecule has 1 spiro atoms. The number of hydrogen-bond donors (Lipinski definition) is 4. The molecule has 4 rings (SSSR count). The Labute approximate surface area is 159 Å². The van der Waals surface area contributed by atoms with Crippen molar-refractivity contribution in [2.45, 2.75) is 38.2 Å². The van der Waals surface area contributed by atoms with E-state index >= 15 is 0 Å². The minimum Gasteiger partial charge on any atom is -0.376 e. The van der Waals surface area contributed by atoms with Gasteiger partial charge in [0.15, 0.2) is 0 Å². The van der Waals surface area contributed by atoms with Gasteiger partial charge in [-0.3, -0.25) is 4.79 Å². The summed E-state index contributed by atoms with van der Waals surface area (Å²) in [6, 6.07) is 7.01. The van der Waals surface area contributed by atoms with Gasteiger partial charge in [0.05, 0.1) is 6.10 Å². The molecule has 3 amide bonds. The molecule has 0 radical (unpaired) electrons. The Morgan fingerprint density at radius 2 is 1.81 bits per heavy atom. The molecule has 1 saturated carbocycles. The first kappa shape index (κ1) is 18.3. The van der Waals surface area contributed by atoms with Gasteiger partial charge >= 0.3 is 6.03 Å². The van der Waals surface area contributed by atoms with E-state index in [1.807, 2.05) is 12.1 Å². The maximum atomic E-state index is 12.5. The van der Waals surface area contributed by atoms with Crippen molar-refractivity contribution >= 4 is 23.3 Å². The monoisotopic (exact) mass is 372 g/mol. The van der Waals surface area contributed by atoms with E-state index < -0.39 is 0 Å². The second kappa shape index (κ2) is 7.86. The maximum absolute atomic E-state index is 12.5. The molecule has 2 heterocycles. The zero-order valence-electron chi connectivity index (χ0n) is 15.6. The molecule has 4 N–H and O–H groups in total. The van der Waals surface area contributed by atoms with Crippen LogP contribution < -0.4 is 21.3 Å². The van der Waals surface area contributed by atoms with Crippen molar-refractivity contribution in [1.82, 2.24) is 10.6 Å². The first-order valence-corrected chi connectivity index (χ1v) is 9.93. The third kappa shape index (κ3) is 4.42. The quantitative estimate of drug-likeness (QED) is 0.638. The Balaban J connectivity index is 1.22. The summed E-state index contributed by atoms with van der Waals surface area (Å²) in [5.74, 6) is 0.257. The molecule has 0 bridgehead atoms. The molecule has 3 fully saturated rings. The Bertz CT molecular complexity index is 679. The number of carbonyl (C=O) groups is 2. The average Bonchev–Trinajstić information content (AvgIpc) is 3.12. The average molecular weight is 372 g/mol. The summed E-state index contributed by atoms with van der Waals surface area (Å²) in [6.07, 6.45) is 5.36. The molecule has 0 aromatic heterocycles. The van der Waals surface area contributed by atoms with Gasteiger partial charge < -0.3 is 26.0 Å². The minimum atomic E-state index is -0.242. The van der Waals surface area contributed by atoms with Gasteiger partial charge in [0.25, 0.3) is 0 Å². The second-order valence-corrected chi connectivity index (χ2v) is 7.91. The molecule has 1 aromatic rings. The Hall–Kier alpha value is -2.12. The third-order valence-corrected chi connectivity index (χ3v) is 6.03. The molecule has 1 aromatic carbocycles. The van der Waals surface area contributed by atoms with Crippen LogP contribution in [-0.4, -0.2) is 44.3 Å². The number of hydrogen-bond acceptors (Lipinski definition) is 4. The summed E-state index contributed by atoms with van der Waals surface area (Å²) in [5.41, 5.74) is 1.69. The lowest BCUT2D eigenvalue weighted by molar-refractivity contribution is -0.118. The fourth-order valence-electron chi connectivity index (χ4n) is 4.25. The first-order valence-electron chi connectivity index (χ1n) is 9.93. The highest BCUT2D eigenvalue weighted by Crippen LogP contribution is 2.58. The van der Waals surface area contributed by atoms with E-state index in [1.54, 1.807) is 12.1 Å². The van der Waals surface area contributed by atoms with Crippen LogP contribution in [0, 0.1) is 11.3 Å². The normalized spacial score (nSPS) is 25.8. The highest BCUT2D eigenvalue weighted by Gasteiger charge is 2.57. The molecular weight excluding hydrogens is 344 g/mol. The van der Waals surface area contributed by atoms with Gasteiger partial charge in [0.2, 0.25) is 5.91 Å². The van der Waals surface area contributed by atoms with E-state index in [9.17, 15) is 9.59 Å². The highest BCUT2D eigenvalue weighted by molar-refractivity contribution is 5.95. The summed E-state index contributed by atoms with van der Waals surface area (Å²) in [5, 5.41) is 12.0. The van der Waals surface area contributed by atoms with Crippen LogP contribution in [0.4, 0.5) is 16.2 Å². The number of urea groups is 1. The number of amides is 3. The largest absolute Gasteiger partial charge is 0.376 e. The second-order valence-electron chi connectivity index (χ2n) is 7.91. The molecule has 3 aliphatic rings. The molecule has 2 atom stereocenters. The van der Waals surface area contributed by atoms with Crippen molar-refractivity contribution in [3.05, 3.63) is 24.3 Å². The summed E-state index contributed by atoms with van der Waals surface area (Å²) in [7, 11) is 0. The molecule has 1 aliphatic carbocycles. The predicted molar refractivity (Wildman–Crippen MR) is 104 cm³/mol. The number of rotatable bonds is 5. The number of benzene rings is 1. The summed E-state index contributed by atoms with van der Waals surface area (Å²) < 4.78 is 5.49. The Morgan fingerprint density at radius 3 is 2.48 bits per heavy atom. The number of piperidine rings is 1. The van der Waals surface area contributed by atoms with Gasteiger partial charge in [-0.15, -0.1) is 0 Å². The SMILES string of the molecule is O=C(NCC1CCCO1)Nc1ccc(NC(=O)C2CC23CCNCC3)cc1. The fourth-order valence-corrected chi connectivity index (χ4v) is 4.25. The third-order valence-electron chi connectivity index (χ3n) is 6.03. The van der Waals surface area contributed by atoms with Crippen molar-refractivity contribution in [2.75, 3.05) is 36.9 Å². The van der Waals surface area contributed by atoms with E-state index in [1.165, 1.54) is 0 Å². The summed E-state index contributed by atoms with van der Waals surface area (Å²) in [6.45, 7) is 3.33. The van der Waals surface area contributed by atoms with Gasteiger partial charge in [-0.2, -0.15) is 0 Å². The molecule has 7 heteroatoms. The van der Waals surface area contributed by atoms with Gasteiger partial charge in [-0.25, -0.2) is 4.79 Å². The molecule has 2 unspecified atom stereocenters.